The third kappa shape index (κ3) is 6.41. The van der Waals surface area contributed by atoms with Crippen molar-refractivity contribution in [3.8, 4) is 5.75 Å². The van der Waals surface area contributed by atoms with Gasteiger partial charge in [0.2, 0.25) is 10.0 Å². The van der Waals surface area contributed by atoms with Gasteiger partial charge < -0.3 is 15.4 Å². The van der Waals surface area contributed by atoms with E-state index in [1.54, 1.807) is 25.3 Å². The predicted octanol–water partition coefficient (Wildman–Crippen LogP) is 3.01. The maximum absolute atomic E-state index is 11.7. The number of methoxy groups -OCH3 is 1. The number of nitrogens with zero attached hydrogens (tertiary/aromatic N) is 1. The van der Waals surface area contributed by atoms with E-state index in [0.29, 0.717) is 17.3 Å². The monoisotopic (exact) mass is 407 g/mol. The van der Waals surface area contributed by atoms with Crippen LogP contribution in [0.3, 0.4) is 0 Å². The summed E-state index contributed by atoms with van der Waals surface area (Å²) in [5.41, 5.74) is 2.46. The molecule has 2 aromatic rings. The molecule has 0 fully saturated rings. The van der Waals surface area contributed by atoms with Crippen LogP contribution in [0, 0.1) is 0 Å². The average Bonchev–Trinajstić information content (AvgIpc) is 2.64. The van der Waals surface area contributed by atoms with Crippen molar-refractivity contribution in [2.45, 2.75) is 12.8 Å². The Morgan fingerprint density at radius 2 is 1.93 bits per heavy atom. The Morgan fingerprint density at radius 3 is 2.63 bits per heavy atom. The van der Waals surface area contributed by atoms with Crippen molar-refractivity contribution in [2.75, 3.05) is 36.6 Å². The van der Waals surface area contributed by atoms with E-state index in [1.165, 1.54) is 17.6 Å². The van der Waals surface area contributed by atoms with Crippen LogP contribution in [0.5, 0.6) is 5.75 Å². The topological polar surface area (TPSA) is 70.7 Å². The first-order valence-corrected chi connectivity index (χ1v) is 10.8. The SMILES string of the molecule is COc1ccccc1CCCNC(=S)Nc1cccc(N(C)S(C)(=O)=O)c1. The molecule has 146 valence electrons. The third-order valence-electron chi connectivity index (χ3n) is 4.07. The van der Waals surface area contributed by atoms with Gasteiger partial charge in [0.05, 0.1) is 19.1 Å². The van der Waals surface area contributed by atoms with Gasteiger partial charge >= 0.3 is 0 Å². The van der Waals surface area contributed by atoms with Gasteiger partial charge in [-0.1, -0.05) is 24.3 Å². The zero-order valence-electron chi connectivity index (χ0n) is 15.7. The molecule has 0 atom stereocenters. The van der Waals surface area contributed by atoms with E-state index in [0.717, 1.165) is 29.8 Å². The van der Waals surface area contributed by atoms with Gasteiger partial charge in [0.15, 0.2) is 5.11 Å². The Labute approximate surface area is 166 Å². The summed E-state index contributed by atoms with van der Waals surface area (Å²) in [5, 5.41) is 6.74. The van der Waals surface area contributed by atoms with Gasteiger partial charge in [-0.3, -0.25) is 4.31 Å². The molecule has 0 radical (unpaired) electrons. The first kappa shape index (κ1) is 21.0. The highest BCUT2D eigenvalue weighted by Crippen LogP contribution is 2.20. The van der Waals surface area contributed by atoms with Crippen molar-refractivity contribution in [1.82, 2.24) is 5.32 Å². The number of thiocarbonyl (C=S) groups is 1. The second kappa shape index (κ2) is 9.57. The number of benzene rings is 2. The number of ether oxygens (including phenoxy) is 1. The number of para-hydroxylation sites is 1. The molecule has 27 heavy (non-hydrogen) atoms. The fourth-order valence-corrected chi connectivity index (χ4v) is 3.25. The number of hydrogen-bond acceptors (Lipinski definition) is 4. The molecule has 0 aliphatic heterocycles. The van der Waals surface area contributed by atoms with E-state index in [4.69, 9.17) is 17.0 Å². The molecule has 2 N–H and O–H groups in total. The van der Waals surface area contributed by atoms with Gasteiger partial charge in [-0.15, -0.1) is 0 Å². The number of aryl methyl sites for hydroxylation is 1. The van der Waals surface area contributed by atoms with E-state index in [-0.39, 0.29) is 0 Å². The first-order valence-electron chi connectivity index (χ1n) is 8.52. The number of nitrogens with one attached hydrogen (secondary N) is 2. The van der Waals surface area contributed by atoms with Crippen LogP contribution in [0.25, 0.3) is 0 Å². The van der Waals surface area contributed by atoms with Crippen LogP contribution in [0.2, 0.25) is 0 Å². The minimum Gasteiger partial charge on any atom is -0.496 e. The normalized spacial score (nSPS) is 10.9. The van der Waals surface area contributed by atoms with Crippen LogP contribution in [0.15, 0.2) is 48.5 Å². The van der Waals surface area contributed by atoms with Crippen molar-refractivity contribution in [1.29, 1.82) is 0 Å². The van der Waals surface area contributed by atoms with Gasteiger partial charge in [0.1, 0.15) is 5.75 Å². The molecular weight excluding hydrogens is 382 g/mol. The largest absolute Gasteiger partial charge is 0.496 e. The first-order chi connectivity index (χ1) is 12.8. The van der Waals surface area contributed by atoms with E-state index < -0.39 is 10.0 Å². The highest BCUT2D eigenvalue weighted by molar-refractivity contribution is 7.92. The molecule has 0 aliphatic carbocycles. The van der Waals surface area contributed by atoms with Gasteiger partial charge in [0, 0.05) is 19.3 Å². The summed E-state index contributed by atoms with van der Waals surface area (Å²) in [6.07, 6.45) is 2.95. The fraction of sp³-hybridized carbons (Fsp3) is 0.316. The number of hydrogen-bond donors (Lipinski definition) is 2. The smallest absolute Gasteiger partial charge is 0.231 e. The summed E-state index contributed by atoms with van der Waals surface area (Å²) < 4.78 is 29.9. The average molecular weight is 408 g/mol. The molecule has 0 heterocycles. The molecule has 6 nitrogen and oxygen atoms in total. The summed E-state index contributed by atoms with van der Waals surface area (Å²) in [6.45, 7) is 0.715. The molecular formula is C19H25N3O3S2. The minimum atomic E-state index is -3.30. The standard InChI is InChI=1S/C19H25N3O3S2/c1-22(27(3,23)24)17-11-6-10-16(14-17)21-19(26)20-13-7-9-15-8-4-5-12-18(15)25-2/h4-6,8,10-12,14H,7,9,13H2,1-3H3,(H2,20,21,26). The van der Waals surface area contributed by atoms with E-state index in [9.17, 15) is 8.42 Å². The second-order valence-electron chi connectivity index (χ2n) is 6.08. The third-order valence-corrected chi connectivity index (χ3v) is 5.52. The molecule has 0 amide bonds. The Hall–Kier alpha value is -2.32. The molecule has 0 aromatic heterocycles. The summed E-state index contributed by atoms with van der Waals surface area (Å²) >= 11 is 5.32. The molecule has 0 unspecified atom stereocenters. The van der Waals surface area contributed by atoms with Crippen LogP contribution < -0.4 is 19.7 Å². The van der Waals surface area contributed by atoms with Gasteiger partial charge in [-0.05, 0) is 54.9 Å². The van der Waals surface area contributed by atoms with Gasteiger partial charge in [-0.25, -0.2) is 8.42 Å². The zero-order valence-corrected chi connectivity index (χ0v) is 17.4. The quantitative estimate of drug-likeness (QED) is 0.518. The maximum Gasteiger partial charge on any atom is 0.231 e. The summed E-state index contributed by atoms with van der Waals surface area (Å²) in [6, 6.07) is 15.0. The molecule has 0 saturated carbocycles. The molecule has 2 rings (SSSR count). The summed E-state index contributed by atoms with van der Waals surface area (Å²) in [7, 11) is -0.115. The van der Waals surface area contributed by atoms with Gasteiger partial charge in [-0.2, -0.15) is 0 Å². The van der Waals surface area contributed by atoms with Crippen LogP contribution >= 0.6 is 12.2 Å². The molecule has 0 saturated heterocycles. The Morgan fingerprint density at radius 1 is 1.19 bits per heavy atom. The maximum atomic E-state index is 11.7. The Balaban J connectivity index is 1.84. The molecule has 8 heteroatoms. The lowest BCUT2D eigenvalue weighted by molar-refractivity contribution is 0.409. The lowest BCUT2D eigenvalue weighted by Crippen LogP contribution is -2.29. The van der Waals surface area contributed by atoms with Crippen molar-refractivity contribution >= 4 is 38.7 Å². The lowest BCUT2D eigenvalue weighted by Gasteiger charge is -2.18. The van der Waals surface area contributed by atoms with Crippen molar-refractivity contribution in [3.05, 3.63) is 54.1 Å². The minimum absolute atomic E-state index is 0.495. The predicted molar refractivity (Wildman–Crippen MR) is 115 cm³/mol. The zero-order chi connectivity index (χ0) is 19.9. The van der Waals surface area contributed by atoms with Crippen molar-refractivity contribution < 1.29 is 13.2 Å². The summed E-state index contributed by atoms with van der Waals surface area (Å²) in [4.78, 5) is 0. The van der Waals surface area contributed by atoms with Crippen LogP contribution in [-0.2, 0) is 16.4 Å². The van der Waals surface area contributed by atoms with E-state index >= 15 is 0 Å². The summed E-state index contributed by atoms with van der Waals surface area (Å²) in [5.74, 6) is 0.894. The number of rotatable bonds is 8. The van der Waals surface area contributed by atoms with E-state index in [2.05, 4.69) is 16.7 Å². The second-order valence-corrected chi connectivity index (χ2v) is 8.50. The number of sulfonamides is 1. The fourth-order valence-electron chi connectivity index (χ4n) is 2.54. The van der Waals surface area contributed by atoms with Crippen molar-refractivity contribution in [2.24, 2.45) is 0 Å². The molecule has 0 spiro atoms. The Kier molecular flexibility index (Phi) is 7.44. The van der Waals surface area contributed by atoms with Crippen LogP contribution in [0.1, 0.15) is 12.0 Å². The van der Waals surface area contributed by atoms with Crippen molar-refractivity contribution in [3.63, 3.8) is 0 Å². The van der Waals surface area contributed by atoms with E-state index in [1.807, 2.05) is 24.3 Å². The molecule has 0 bridgehead atoms. The molecule has 2 aromatic carbocycles. The van der Waals surface area contributed by atoms with Gasteiger partial charge in [0.25, 0.3) is 0 Å². The van der Waals surface area contributed by atoms with Crippen LogP contribution in [0.4, 0.5) is 11.4 Å². The molecule has 0 aliphatic rings. The Bertz CT molecular complexity index is 885. The lowest BCUT2D eigenvalue weighted by atomic mass is 10.1. The highest BCUT2D eigenvalue weighted by Gasteiger charge is 2.12. The highest BCUT2D eigenvalue weighted by atomic mass is 32.2. The van der Waals surface area contributed by atoms with Crippen LogP contribution in [-0.4, -0.2) is 40.5 Å². The number of anilines is 2.